The lowest BCUT2D eigenvalue weighted by Crippen LogP contribution is -2.28. The van der Waals surface area contributed by atoms with Crippen molar-refractivity contribution in [3.8, 4) is 0 Å². The maximum atomic E-state index is 12.3. The van der Waals surface area contributed by atoms with E-state index < -0.39 is 0 Å². The largest absolute Gasteiger partial charge is 0.294 e. The van der Waals surface area contributed by atoms with Crippen molar-refractivity contribution >= 4 is 5.78 Å². The number of hydrogen-bond acceptors (Lipinski definition) is 2. The van der Waals surface area contributed by atoms with Crippen LogP contribution in [0.2, 0.25) is 0 Å². The first-order chi connectivity index (χ1) is 7.80. The molecule has 0 aliphatic heterocycles. The Kier molecular flexibility index (Phi) is 2.88. The molecule has 0 unspecified atom stereocenters. The number of rotatable bonds is 2. The van der Waals surface area contributed by atoms with Gasteiger partial charge in [0.15, 0.2) is 5.78 Å². The first-order valence-electron chi connectivity index (χ1n) is 6.38. The third kappa shape index (κ3) is 2.28. The fourth-order valence-corrected chi connectivity index (χ4v) is 2.71. The molecule has 0 atom stereocenters. The summed E-state index contributed by atoms with van der Waals surface area (Å²) in [6.45, 7) is 8.64. The topological polar surface area (TPSA) is 34.9 Å². The van der Waals surface area contributed by atoms with Crippen LogP contribution in [0.1, 0.15) is 55.9 Å². The lowest BCUT2D eigenvalue weighted by molar-refractivity contribution is 0.0909. The molecule has 0 aromatic carbocycles. The Morgan fingerprint density at radius 3 is 2.59 bits per heavy atom. The van der Waals surface area contributed by atoms with E-state index in [9.17, 15) is 4.79 Å². The van der Waals surface area contributed by atoms with E-state index in [0.29, 0.717) is 12.3 Å². The van der Waals surface area contributed by atoms with Crippen LogP contribution in [0.15, 0.2) is 0 Å². The molecule has 17 heavy (non-hydrogen) atoms. The molecule has 0 radical (unpaired) electrons. The first-order valence-corrected chi connectivity index (χ1v) is 6.38. The van der Waals surface area contributed by atoms with Crippen LogP contribution in [0.5, 0.6) is 0 Å². The Morgan fingerprint density at radius 2 is 2.00 bits per heavy atom. The number of ketones is 1. The van der Waals surface area contributed by atoms with Gasteiger partial charge in [0.05, 0.1) is 11.3 Å². The summed E-state index contributed by atoms with van der Waals surface area (Å²) in [7, 11) is 1.96. The molecule has 0 fully saturated rings. The number of aryl methyl sites for hydroxylation is 1. The summed E-state index contributed by atoms with van der Waals surface area (Å²) in [5, 5.41) is 4.54. The van der Waals surface area contributed by atoms with Crippen LogP contribution in [-0.2, 0) is 19.9 Å². The summed E-state index contributed by atoms with van der Waals surface area (Å²) in [5.74, 6) is 0.816. The van der Waals surface area contributed by atoms with Crippen molar-refractivity contribution in [3.05, 3.63) is 17.0 Å². The molecule has 3 heteroatoms. The molecule has 1 aliphatic rings. The predicted molar refractivity (Wildman–Crippen MR) is 68.2 cm³/mol. The normalized spacial score (nSPS) is 18.6. The molecule has 1 aromatic heterocycles. The van der Waals surface area contributed by atoms with Gasteiger partial charge in [0.1, 0.15) is 0 Å². The van der Waals surface area contributed by atoms with Crippen LogP contribution in [0.4, 0.5) is 0 Å². The summed E-state index contributed by atoms with van der Waals surface area (Å²) in [5.41, 5.74) is 3.12. The molecule has 0 spiro atoms. The lowest BCUT2D eigenvalue weighted by Gasteiger charge is -2.28. The minimum absolute atomic E-state index is 0.0764. The Balaban J connectivity index is 2.46. The van der Waals surface area contributed by atoms with Gasteiger partial charge in [0.25, 0.3) is 0 Å². The Hall–Kier alpha value is -1.12. The van der Waals surface area contributed by atoms with Gasteiger partial charge in [-0.05, 0) is 24.2 Å². The van der Waals surface area contributed by atoms with Gasteiger partial charge in [-0.2, -0.15) is 5.10 Å². The molecule has 0 amide bonds. The molecule has 3 nitrogen and oxygen atoms in total. The number of fused-ring (bicyclic) bond motifs is 1. The third-order valence-corrected chi connectivity index (χ3v) is 3.40. The van der Waals surface area contributed by atoms with Gasteiger partial charge in [-0.1, -0.05) is 27.7 Å². The zero-order valence-electron chi connectivity index (χ0n) is 11.5. The zero-order chi connectivity index (χ0) is 12.8. The maximum absolute atomic E-state index is 12.3. The van der Waals surface area contributed by atoms with Gasteiger partial charge in [0, 0.05) is 19.2 Å². The van der Waals surface area contributed by atoms with E-state index in [-0.39, 0.29) is 11.2 Å². The molecular weight excluding hydrogens is 212 g/mol. The van der Waals surface area contributed by atoms with Gasteiger partial charge in [-0.3, -0.25) is 9.48 Å². The van der Waals surface area contributed by atoms with Crippen molar-refractivity contribution < 1.29 is 4.79 Å². The number of carbonyl (C=O) groups excluding carboxylic acids is 1. The molecule has 94 valence electrons. The fourth-order valence-electron chi connectivity index (χ4n) is 2.71. The van der Waals surface area contributed by atoms with Crippen molar-refractivity contribution in [3.63, 3.8) is 0 Å². The number of carbonyl (C=O) groups is 1. The zero-order valence-corrected chi connectivity index (χ0v) is 11.5. The molecule has 2 rings (SSSR count). The van der Waals surface area contributed by atoms with E-state index in [1.807, 2.05) is 11.7 Å². The summed E-state index contributed by atoms with van der Waals surface area (Å²) in [6, 6.07) is 0. The van der Waals surface area contributed by atoms with E-state index in [2.05, 4.69) is 32.8 Å². The van der Waals surface area contributed by atoms with Crippen LogP contribution >= 0.6 is 0 Å². The molecule has 0 saturated heterocycles. The number of Topliss-reactive ketones (excluding diaryl/α,β-unsaturated/α-hetero) is 1. The van der Waals surface area contributed by atoms with Crippen LogP contribution in [0.25, 0.3) is 0 Å². The van der Waals surface area contributed by atoms with Crippen LogP contribution in [0, 0.1) is 11.3 Å². The van der Waals surface area contributed by atoms with Crippen molar-refractivity contribution in [2.75, 3.05) is 0 Å². The predicted octanol–water partition coefficient (Wildman–Crippen LogP) is 2.77. The van der Waals surface area contributed by atoms with Gasteiger partial charge >= 0.3 is 0 Å². The van der Waals surface area contributed by atoms with Gasteiger partial charge in [0.2, 0.25) is 0 Å². The highest BCUT2D eigenvalue weighted by Gasteiger charge is 2.35. The Bertz CT molecular complexity index is 455. The smallest absolute Gasteiger partial charge is 0.167 e. The first kappa shape index (κ1) is 12.3. The molecule has 0 N–H and O–H groups in total. The van der Waals surface area contributed by atoms with E-state index >= 15 is 0 Å². The van der Waals surface area contributed by atoms with Gasteiger partial charge in [-0.15, -0.1) is 0 Å². The molecule has 1 aromatic rings. The Labute approximate surface area is 103 Å². The van der Waals surface area contributed by atoms with Crippen molar-refractivity contribution in [2.45, 2.75) is 47.0 Å². The molecule has 1 aliphatic carbocycles. The molecule has 0 saturated carbocycles. The highest BCUT2D eigenvalue weighted by molar-refractivity contribution is 5.99. The van der Waals surface area contributed by atoms with E-state index in [1.54, 1.807) is 0 Å². The third-order valence-electron chi connectivity index (χ3n) is 3.40. The SMILES string of the molecule is CC(C)Cc1nn(C)c2c1C(=O)CC(C)(C)C2. The quantitative estimate of drug-likeness (QED) is 0.788. The summed E-state index contributed by atoms with van der Waals surface area (Å²) >= 11 is 0. The minimum Gasteiger partial charge on any atom is -0.294 e. The van der Waals surface area contributed by atoms with Crippen molar-refractivity contribution in [1.29, 1.82) is 0 Å². The summed E-state index contributed by atoms with van der Waals surface area (Å²) < 4.78 is 1.91. The highest BCUT2D eigenvalue weighted by Crippen LogP contribution is 2.36. The second-order valence-corrected chi connectivity index (χ2v) is 6.43. The van der Waals surface area contributed by atoms with E-state index in [1.165, 1.54) is 0 Å². The van der Waals surface area contributed by atoms with Crippen molar-refractivity contribution in [1.82, 2.24) is 9.78 Å². The number of aromatic nitrogens is 2. The highest BCUT2D eigenvalue weighted by atomic mass is 16.1. The van der Waals surface area contributed by atoms with Crippen LogP contribution < -0.4 is 0 Å². The van der Waals surface area contributed by atoms with Crippen LogP contribution in [0.3, 0.4) is 0 Å². The summed E-state index contributed by atoms with van der Waals surface area (Å²) in [4.78, 5) is 12.3. The van der Waals surface area contributed by atoms with Crippen molar-refractivity contribution in [2.24, 2.45) is 18.4 Å². The molecule has 1 heterocycles. The fraction of sp³-hybridized carbons (Fsp3) is 0.714. The van der Waals surface area contributed by atoms with Gasteiger partial charge in [-0.25, -0.2) is 0 Å². The monoisotopic (exact) mass is 234 g/mol. The second-order valence-electron chi connectivity index (χ2n) is 6.43. The molecular formula is C14H22N2O. The van der Waals surface area contributed by atoms with E-state index in [4.69, 9.17) is 0 Å². The lowest BCUT2D eigenvalue weighted by atomic mass is 9.75. The average molecular weight is 234 g/mol. The van der Waals surface area contributed by atoms with E-state index in [0.717, 1.165) is 29.8 Å². The maximum Gasteiger partial charge on any atom is 0.167 e. The second kappa shape index (κ2) is 3.97. The Morgan fingerprint density at radius 1 is 1.35 bits per heavy atom. The average Bonchev–Trinajstić information content (AvgIpc) is 2.39. The van der Waals surface area contributed by atoms with Crippen LogP contribution in [-0.4, -0.2) is 15.6 Å². The standard InChI is InChI=1S/C14H22N2O/c1-9(2)6-10-13-11(16(5)15-10)7-14(3,4)8-12(13)17/h9H,6-8H2,1-5H3. The van der Waals surface area contributed by atoms with Gasteiger partial charge < -0.3 is 0 Å². The summed E-state index contributed by atoms with van der Waals surface area (Å²) in [6.07, 6.45) is 2.50. The number of nitrogens with zero attached hydrogens (tertiary/aromatic N) is 2. The number of hydrogen-bond donors (Lipinski definition) is 0. The minimum atomic E-state index is 0.0764. The molecule has 0 bridgehead atoms.